The van der Waals surface area contributed by atoms with Crippen LogP contribution in [0, 0.1) is 5.92 Å². The molecule has 0 radical (unpaired) electrons. The molecule has 1 aliphatic rings. The maximum Gasteiger partial charge on any atom is 0.305 e. The predicted octanol–water partition coefficient (Wildman–Crippen LogP) is 5.19. The van der Waals surface area contributed by atoms with E-state index in [2.05, 4.69) is 4.74 Å². The van der Waals surface area contributed by atoms with Gasteiger partial charge in [0, 0.05) is 31.6 Å². The van der Waals surface area contributed by atoms with Gasteiger partial charge < -0.3 is 4.74 Å². The highest BCUT2D eigenvalue weighted by Gasteiger charge is 2.37. The number of ketones is 2. The minimum atomic E-state index is -3.27. The number of hydrogen-bond donors (Lipinski definition) is 0. The number of carbonyl (C=O) groups excluding carboxylic acids is 3. The fraction of sp³-hybridized carbons (Fsp3) is 0.762. The zero-order chi connectivity index (χ0) is 20.3. The van der Waals surface area contributed by atoms with Gasteiger partial charge in [-0.05, 0) is 25.7 Å². The van der Waals surface area contributed by atoms with Crippen LogP contribution in [0.5, 0.6) is 0 Å². The summed E-state index contributed by atoms with van der Waals surface area (Å²) in [4.78, 5) is 34.9. The topological polar surface area (TPSA) is 60.4 Å². The Balaban J connectivity index is 2.43. The fourth-order valence-electron chi connectivity index (χ4n) is 3.40. The number of allylic oxidation sites excluding steroid dienone is 2. The molecule has 0 aliphatic heterocycles. The van der Waals surface area contributed by atoms with E-state index in [0.717, 1.165) is 31.3 Å². The van der Waals surface area contributed by atoms with E-state index in [-0.39, 0.29) is 24.1 Å². The van der Waals surface area contributed by atoms with Gasteiger partial charge >= 0.3 is 11.9 Å². The number of alkyl halides is 2. The van der Waals surface area contributed by atoms with Crippen LogP contribution in [-0.2, 0) is 19.1 Å². The summed E-state index contributed by atoms with van der Waals surface area (Å²) in [5.41, 5.74) is 0.842. The number of ether oxygens (including phenoxy) is 1. The number of halogens is 2. The van der Waals surface area contributed by atoms with Gasteiger partial charge in [-0.3, -0.25) is 14.4 Å². The van der Waals surface area contributed by atoms with Gasteiger partial charge in [-0.2, -0.15) is 8.78 Å². The van der Waals surface area contributed by atoms with Gasteiger partial charge in [0.05, 0.1) is 7.11 Å². The Morgan fingerprint density at radius 3 is 2.52 bits per heavy atom. The van der Waals surface area contributed by atoms with Crippen LogP contribution in [0.1, 0.15) is 84.0 Å². The normalized spacial score (nSPS) is 18.9. The third-order valence-electron chi connectivity index (χ3n) is 5.15. The largest absolute Gasteiger partial charge is 0.469 e. The van der Waals surface area contributed by atoms with Crippen molar-refractivity contribution in [2.24, 2.45) is 5.92 Å². The molecule has 4 nitrogen and oxygen atoms in total. The number of esters is 1. The molecule has 0 amide bonds. The van der Waals surface area contributed by atoms with Crippen molar-refractivity contribution in [3.63, 3.8) is 0 Å². The molecule has 0 aromatic rings. The van der Waals surface area contributed by atoms with Crippen molar-refractivity contribution in [1.82, 2.24) is 0 Å². The summed E-state index contributed by atoms with van der Waals surface area (Å²) >= 11 is 0. The summed E-state index contributed by atoms with van der Waals surface area (Å²) in [5, 5.41) is 0. The molecule has 1 saturated carbocycles. The molecule has 1 fully saturated rings. The monoisotopic (exact) mass is 386 g/mol. The van der Waals surface area contributed by atoms with Gasteiger partial charge in [-0.15, -0.1) is 0 Å². The number of methoxy groups -OCH3 is 1. The smallest absolute Gasteiger partial charge is 0.305 e. The molecule has 1 aliphatic carbocycles. The molecule has 0 aromatic heterocycles. The lowest BCUT2D eigenvalue weighted by molar-refractivity contribution is -0.143. The zero-order valence-corrected chi connectivity index (χ0v) is 16.5. The van der Waals surface area contributed by atoms with Crippen LogP contribution in [-0.4, -0.2) is 30.6 Å². The number of carbonyl (C=O) groups is 3. The summed E-state index contributed by atoms with van der Waals surface area (Å²) in [5.74, 6) is -4.63. The third kappa shape index (κ3) is 8.31. The summed E-state index contributed by atoms with van der Waals surface area (Å²) in [7, 11) is 1.37. The van der Waals surface area contributed by atoms with Crippen molar-refractivity contribution < 1.29 is 27.9 Å². The lowest BCUT2D eigenvalue weighted by Crippen LogP contribution is -2.28. The molecule has 27 heavy (non-hydrogen) atoms. The Morgan fingerprint density at radius 1 is 1.15 bits per heavy atom. The number of hydrogen-bond acceptors (Lipinski definition) is 4. The van der Waals surface area contributed by atoms with E-state index in [1.807, 2.05) is 6.92 Å². The van der Waals surface area contributed by atoms with Crippen molar-refractivity contribution in [3.05, 3.63) is 11.6 Å². The first-order valence-electron chi connectivity index (χ1n) is 10.0. The maximum absolute atomic E-state index is 13.8. The maximum atomic E-state index is 13.8. The van der Waals surface area contributed by atoms with Crippen molar-refractivity contribution in [1.29, 1.82) is 0 Å². The highest BCUT2D eigenvalue weighted by atomic mass is 19.3. The number of unbranched alkanes of at least 4 members (excludes halogenated alkanes) is 4. The second-order valence-electron chi connectivity index (χ2n) is 7.26. The van der Waals surface area contributed by atoms with Gasteiger partial charge in [0.1, 0.15) is 5.78 Å². The van der Waals surface area contributed by atoms with E-state index in [9.17, 15) is 23.2 Å². The third-order valence-corrected chi connectivity index (χ3v) is 5.15. The molecule has 6 heteroatoms. The molecule has 0 aromatic carbocycles. The Bertz CT molecular complexity index is 540. The Morgan fingerprint density at radius 2 is 1.85 bits per heavy atom. The minimum Gasteiger partial charge on any atom is -0.469 e. The van der Waals surface area contributed by atoms with Crippen molar-refractivity contribution in [3.8, 4) is 0 Å². The predicted molar refractivity (Wildman–Crippen MR) is 99.6 cm³/mol. The molecule has 154 valence electrons. The lowest BCUT2D eigenvalue weighted by atomic mass is 9.93. The van der Waals surface area contributed by atoms with Gasteiger partial charge in [0.25, 0.3) is 0 Å². The SMILES string of the molecule is CCCCC(F)(F)C(=O)C/C=C1/CCC(=O)[C@@H]1CCCCCCC(=O)OC. The number of rotatable bonds is 13. The van der Waals surface area contributed by atoms with E-state index in [1.54, 1.807) is 6.08 Å². The van der Waals surface area contributed by atoms with Crippen molar-refractivity contribution >= 4 is 17.5 Å². The van der Waals surface area contributed by atoms with Gasteiger partial charge in [-0.25, -0.2) is 0 Å². The molecular weight excluding hydrogens is 354 g/mol. The van der Waals surface area contributed by atoms with Gasteiger partial charge in [0.15, 0.2) is 0 Å². The van der Waals surface area contributed by atoms with Crippen molar-refractivity contribution in [2.75, 3.05) is 7.11 Å². The second-order valence-corrected chi connectivity index (χ2v) is 7.26. The van der Waals surface area contributed by atoms with Crippen LogP contribution < -0.4 is 0 Å². The number of Topliss-reactive ketones (excluding diaryl/α,β-unsaturated/α-hetero) is 2. The van der Waals surface area contributed by atoms with Crippen LogP contribution in [0.15, 0.2) is 11.6 Å². The van der Waals surface area contributed by atoms with Gasteiger partial charge in [-0.1, -0.05) is 44.3 Å². The first-order chi connectivity index (χ1) is 12.8. The quantitative estimate of drug-likeness (QED) is 0.248. The Kier molecular flexibility index (Phi) is 10.4. The van der Waals surface area contributed by atoms with Crippen molar-refractivity contribution in [2.45, 2.75) is 89.9 Å². The fourth-order valence-corrected chi connectivity index (χ4v) is 3.40. The second kappa shape index (κ2) is 12.0. The van der Waals surface area contributed by atoms with Gasteiger partial charge in [0.2, 0.25) is 5.78 Å². The summed E-state index contributed by atoms with van der Waals surface area (Å²) in [6.45, 7) is 1.81. The van der Waals surface area contributed by atoms with E-state index in [1.165, 1.54) is 7.11 Å². The molecule has 0 bridgehead atoms. The molecule has 0 unspecified atom stereocenters. The summed E-state index contributed by atoms with van der Waals surface area (Å²) in [6.07, 6.45) is 7.29. The summed E-state index contributed by atoms with van der Waals surface area (Å²) in [6, 6.07) is 0. The molecule has 1 atom stereocenters. The molecule has 0 saturated heterocycles. The van der Waals surface area contributed by atoms with Crippen LogP contribution in [0.25, 0.3) is 0 Å². The van der Waals surface area contributed by atoms with Crippen LogP contribution in [0.4, 0.5) is 8.78 Å². The van der Waals surface area contributed by atoms with E-state index in [4.69, 9.17) is 0 Å². The standard InChI is InChI=1S/C21H32F2O4/c1-3-4-15-21(22,23)19(25)14-12-16-11-13-18(24)17(16)9-7-5-6-8-10-20(26)27-2/h12,17H,3-11,13-15H2,1-2H3/b16-12-/t17-/m1/s1. The van der Waals surface area contributed by atoms with E-state index >= 15 is 0 Å². The molecule has 1 rings (SSSR count). The Hall–Kier alpha value is -1.59. The van der Waals surface area contributed by atoms with Crippen LogP contribution >= 0.6 is 0 Å². The molecular formula is C21H32F2O4. The first-order valence-corrected chi connectivity index (χ1v) is 10.0. The van der Waals surface area contributed by atoms with E-state index < -0.39 is 18.1 Å². The minimum absolute atomic E-state index is 0.140. The zero-order valence-electron chi connectivity index (χ0n) is 16.5. The summed E-state index contributed by atoms with van der Waals surface area (Å²) < 4.78 is 32.1. The van der Waals surface area contributed by atoms with Crippen LogP contribution in [0.2, 0.25) is 0 Å². The average Bonchev–Trinajstić information content (AvgIpc) is 3.00. The highest BCUT2D eigenvalue weighted by Crippen LogP contribution is 2.33. The molecule has 0 spiro atoms. The first kappa shape index (κ1) is 23.4. The van der Waals surface area contributed by atoms with E-state index in [0.29, 0.717) is 38.5 Å². The average molecular weight is 386 g/mol. The Labute approximate surface area is 160 Å². The molecule has 0 heterocycles. The van der Waals surface area contributed by atoms with Crippen LogP contribution in [0.3, 0.4) is 0 Å². The molecule has 0 N–H and O–H groups in total. The highest BCUT2D eigenvalue weighted by molar-refractivity contribution is 5.89. The lowest BCUT2D eigenvalue weighted by Gasteiger charge is -2.14.